The molecule has 5 heteroatoms. The van der Waals surface area contributed by atoms with Crippen LogP contribution in [0.15, 0.2) is 0 Å². The van der Waals surface area contributed by atoms with Gasteiger partial charge in [-0.05, 0) is 6.42 Å². The highest BCUT2D eigenvalue weighted by atomic mass is 16.7. The molecular formula is C10H19O5. The van der Waals surface area contributed by atoms with Gasteiger partial charge in [0.25, 0.3) is 0 Å². The Kier molecular flexibility index (Phi) is 10.7. The summed E-state index contributed by atoms with van der Waals surface area (Å²) in [7, 11) is 0. The fourth-order valence-electron chi connectivity index (χ4n) is 0.960. The SMILES string of the molecule is CCCCCOCCOCCOC([O])=O. The van der Waals surface area contributed by atoms with Crippen LogP contribution in [0.2, 0.25) is 0 Å². The lowest BCUT2D eigenvalue weighted by Gasteiger charge is -2.04. The van der Waals surface area contributed by atoms with E-state index in [0.29, 0.717) is 13.2 Å². The van der Waals surface area contributed by atoms with Gasteiger partial charge in [-0.1, -0.05) is 19.8 Å². The van der Waals surface area contributed by atoms with Crippen molar-refractivity contribution in [3.8, 4) is 0 Å². The van der Waals surface area contributed by atoms with E-state index in [1.807, 2.05) is 0 Å². The zero-order valence-electron chi connectivity index (χ0n) is 9.20. The molecule has 0 fully saturated rings. The van der Waals surface area contributed by atoms with Gasteiger partial charge in [-0.25, -0.2) is 0 Å². The summed E-state index contributed by atoms with van der Waals surface area (Å²) in [6, 6.07) is 0. The van der Waals surface area contributed by atoms with Gasteiger partial charge in [0.15, 0.2) is 0 Å². The maximum absolute atomic E-state index is 9.82. The van der Waals surface area contributed by atoms with Crippen molar-refractivity contribution in [2.45, 2.75) is 26.2 Å². The first kappa shape index (κ1) is 14.2. The standard InChI is InChI=1S/C10H19O5/c1-2-3-4-5-13-6-7-14-8-9-15-10(11)12/h2-9H2,1H3. The zero-order chi connectivity index (χ0) is 11.4. The molecule has 0 aromatic rings. The van der Waals surface area contributed by atoms with Crippen molar-refractivity contribution in [3.05, 3.63) is 0 Å². The Bertz CT molecular complexity index is 149. The largest absolute Gasteiger partial charge is 0.550 e. The number of hydrogen-bond donors (Lipinski definition) is 0. The fourth-order valence-corrected chi connectivity index (χ4v) is 0.960. The lowest BCUT2D eigenvalue weighted by atomic mass is 10.3. The Labute approximate surface area is 90.3 Å². The third-order valence-corrected chi connectivity index (χ3v) is 1.71. The van der Waals surface area contributed by atoms with Crippen LogP contribution in [0.4, 0.5) is 4.79 Å². The summed E-state index contributed by atoms with van der Waals surface area (Å²) in [5.74, 6) is 0. The van der Waals surface area contributed by atoms with Gasteiger partial charge in [-0.3, -0.25) is 0 Å². The molecule has 0 unspecified atom stereocenters. The molecule has 5 nitrogen and oxygen atoms in total. The summed E-state index contributed by atoms with van der Waals surface area (Å²) in [6.45, 7) is 4.15. The van der Waals surface area contributed by atoms with Crippen molar-refractivity contribution in [1.29, 1.82) is 0 Å². The number of rotatable bonds is 10. The quantitative estimate of drug-likeness (QED) is 0.415. The molecule has 0 N–H and O–H groups in total. The Hall–Kier alpha value is -0.810. The van der Waals surface area contributed by atoms with Crippen LogP contribution in [0.25, 0.3) is 0 Å². The van der Waals surface area contributed by atoms with E-state index in [9.17, 15) is 9.90 Å². The molecule has 0 aliphatic carbocycles. The van der Waals surface area contributed by atoms with Gasteiger partial charge in [0.2, 0.25) is 0 Å². The molecule has 0 heterocycles. The van der Waals surface area contributed by atoms with Gasteiger partial charge in [-0.15, -0.1) is 0 Å². The first-order valence-corrected chi connectivity index (χ1v) is 5.26. The van der Waals surface area contributed by atoms with Crippen LogP contribution in [0.1, 0.15) is 26.2 Å². The summed E-state index contributed by atoms with van der Waals surface area (Å²) in [4.78, 5) is 9.82. The van der Waals surface area contributed by atoms with E-state index in [4.69, 9.17) is 9.47 Å². The lowest BCUT2D eigenvalue weighted by Crippen LogP contribution is -2.11. The molecule has 0 spiro atoms. The van der Waals surface area contributed by atoms with E-state index >= 15 is 0 Å². The van der Waals surface area contributed by atoms with Crippen LogP contribution in [-0.4, -0.2) is 39.2 Å². The molecule has 0 aliphatic rings. The molecule has 0 bridgehead atoms. The van der Waals surface area contributed by atoms with Crippen LogP contribution in [0.5, 0.6) is 0 Å². The number of carbonyl (C=O) groups excluding carboxylic acids is 1. The summed E-state index contributed by atoms with van der Waals surface area (Å²) in [6.07, 6.45) is 1.92. The fraction of sp³-hybridized carbons (Fsp3) is 0.900. The van der Waals surface area contributed by atoms with Gasteiger partial charge in [0, 0.05) is 6.61 Å². The number of carbonyl (C=O) groups is 1. The first-order chi connectivity index (χ1) is 7.27. The molecule has 0 aliphatic heterocycles. The third kappa shape index (κ3) is 13.2. The minimum Gasteiger partial charge on any atom is -0.429 e. The monoisotopic (exact) mass is 219 g/mol. The molecule has 0 saturated heterocycles. The molecule has 0 aromatic carbocycles. The van der Waals surface area contributed by atoms with Gasteiger partial charge in [-0.2, -0.15) is 9.90 Å². The average Bonchev–Trinajstić information content (AvgIpc) is 2.20. The van der Waals surface area contributed by atoms with Gasteiger partial charge in [0.1, 0.15) is 6.61 Å². The van der Waals surface area contributed by atoms with E-state index in [-0.39, 0.29) is 13.2 Å². The van der Waals surface area contributed by atoms with Crippen LogP contribution in [-0.2, 0) is 19.3 Å². The molecule has 0 saturated carbocycles. The van der Waals surface area contributed by atoms with Crippen molar-refractivity contribution < 1.29 is 24.1 Å². The number of ether oxygens (including phenoxy) is 3. The first-order valence-electron chi connectivity index (χ1n) is 5.26. The van der Waals surface area contributed by atoms with E-state index < -0.39 is 6.16 Å². The van der Waals surface area contributed by atoms with Crippen LogP contribution in [0.3, 0.4) is 0 Å². The van der Waals surface area contributed by atoms with E-state index in [2.05, 4.69) is 11.7 Å². The second-order valence-corrected chi connectivity index (χ2v) is 3.03. The molecule has 0 atom stereocenters. The Morgan fingerprint density at radius 3 is 2.13 bits per heavy atom. The van der Waals surface area contributed by atoms with Crippen molar-refractivity contribution in [2.75, 3.05) is 33.0 Å². The molecule has 1 radical (unpaired) electrons. The van der Waals surface area contributed by atoms with Crippen molar-refractivity contribution in [1.82, 2.24) is 0 Å². The Morgan fingerprint density at radius 1 is 0.933 bits per heavy atom. The topological polar surface area (TPSA) is 64.7 Å². The van der Waals surface area contributed by atoms with Crippen LogP contribution < -0.4 is 0 Å². The van der Waals surface area contributed by atoms with Gasteiger partial charge < -0.3 is 14.2 Å². The molecule has 15 heavy (non-hydrogen) atoms. The Morgan fingerprint density at radius 2 is 1.53 bits per heavy atom. The lowest BCUT2D eigenvalue weighted by molar-refractivity contribution is 0.0119. The number of hydrogen-bond acceptors (Lipinski definition) is 4. The predicted octanol–water partition coefficient (Wildman–Crippen LogP) is 1.78. The van der Waals surface area contributed by atoms with E-state index in [0.717, 1.165) is 13.0 Å². The summed E-state index contributed by atoms with van der Waals surface area (Å²) in [5.41, 5.74) is 0. The van der Waals surface area contributed by atoms with Gasteiger partial charge >= 0.3 is 6.16 Å². The molecule has 89 valence electrons. The third-order valence-electron chi connectivity index (χ3n) is 1.71. The minimum atomic E-state index is -1.52. The van der Waals surface area contributed by atoms with Crippen LogP contribution in [0, 0.1) is 0 Å². The summed E-state index contributed by atoms with van der Waals surface area (Å²) >= 11 is 0. The smallest absolute Gasteiger partial charge is 0.429 e. The van der Waals surface area contributed by atoms with Crippen molar-refractivity contribution in [2.24, 2.45) is 0 Å². The van der Waals surface area contributed by atoms with Gasteiger partial charge in [0.05, 0.1) is 19.8 Å². The molecular weight excluding hydrogens is 200 g/mol. The molecule has 0 amide bonds. The maximum atomic E-state index is 9.82. The predicted molar refractivity (Wildman–Crippen MR) is 53.2 cm³/mol. The normalized spacial score (nSPS) is 10.2. The van der Waals surface area contributed by atoms with Crippen LogP contribution >= 0.6 is 0 Å². The van der Waals surface area contributed by atoms with Crippen molar-refractivity contribution in [3.63, 3.8) is 0 Å². The summed E-state index contributed by atoms with van der Waals surface area (Å²) < 4.78 is 14.5. The minimum absolute atomic E-state index is 0.0121. The van der Waals surface area contributed by atoms with Crippen molar-refractivity contribution >= 4 is 6.16 Å². The Balaban J connectivity index is 2.89. The highest BCUT2D eigenvalue weighted by Gasteiger charge is 1.97. The van der Waals surface area contributed by atoms with E-state index in [1.165, 1.54) is 12.8 Å². The zero-order valence-corrected chi connectivity index (χ0v) is 9.20. The highest BCUT2D eigenvalue weighted by molar-refractivity contribution is 5.56. The second kappa shape index (κ2) is 11.3. The molecule has 0 aromatic heterocycles. The average molecular weight is 219 g/mol. The molecule has 0 rings (SSSR count). The highest BCUT2D eigenvalue weighted by Crippen LogP contribution is 1.93. The van der Waals surface area contributed by atoms with E-state index in [1.54, 1.807) is 0 Å². The number of unbranched alkanes of at least 4 members (excludes halogenated alkanes) is 2. The second-order valence-electron chi connectivity index (χ2n) is 3.03. The summed E-state index contributed by atoms with van der Waals surface area (Å²) in [5, 5.41) is 9.82. The maximum Gasteiger partial charge on any atom is 0.550 e.